The zero-order valence-corrected chi connectivity index (χ0v) is 12.3. The fourth-order valence-electron chi connectivity index (χ4n) is 2.25. The topological polar surface area (TPSA) is 9.23 Å². The highest BCUT2D eigenvalue weighted by Crippen LogP contribution is 2.27. The molecular weight excluding hydrogens is 232 g/mol. The number of rotatable bonds is 9. The van der Waals surface area contributed by atoms with Crippen LogP contribution >= 0.6 is 0 Å². The van der Waals surface area contributed by atoms with Gasteiger partial charge in [0.1, 0.15) is 5.75 Å². The predicted octanol–water partition coefficient (Wildman–Crippen LogP) is 5.49. The van der Waals surface area contributed by atoms with Gasteiger partial charge in [-0.25, -0.2) is 0 Å². The lowest BCUT2D eigenvalue weighted by atomic mass is 9.92. The summed E-state index contributed by atoms with van der Waals surface area (Å²) >= 11 is 0. The van der Waals surface area contributed by atoms with Gasteiger partial charge in [-0.1, -0.05) is 69.5 Å². The van der Waals surface area contributed by atoms with Crippen molar-refractivity contribution in [3.8, 4) is 5.75 Å². The fourth-order valence-corrected chi connectivity index (χ4v) is 2.25. The molecule has 0 amide bonds. The molecule has 0 radical (unpaired) electrons. The molecule has 0 bridgehead atoms. The Morgan fingerprint density at radius 3 is 2.79 bits per heavy atom. The van der Waals surface area contributed by atoms with E-state index in [2.05, 4.69) is 37.8 Å². The second-order valence-electron chi connectivity index (χ2n) is 4.85. The van der Waals surface area contributed by atoms with Crippen molar-refractivity contribution < 1.29 is 4.74 Å². The van der Waals surface area contributed by atoms with E-state index >= 15 is 0 Å². The highest BCUT2D eigenvalue weighted by molar-refractivity contribution is 5.33. The van der Waals surface area contributed by atoms with Crippen LogP contribution in [0.4, 0.5) is 0 Å². The lowest BCUT2D eigenvalue weighted by Gasteiger charge is -2.14. The van der Waals surface area contributed by atoms with Gasteiger partial charge in [0.05, 0.1) is 7.11 Å². The Morgan fingerprint density at radius 2 is 2.11 bits per heavy atom. The molecule has 0 aliphatic rings. The van der Waals surface area contributed by atoms with E-state index in [1.807, 2.05) is 18.2 Å². The van der Waals surface area contributed by atoms with Crippen molar-refractivity contribution in [3.05, 3.63) is 54.6 Å². The zero-order chi connectivity index (χ0) is 13.9. The van der Waals surface area contributed by atoms with E-state index in [1.54, 1.807) is 7.11 Å². The van der Waals surface area contributed by atoms with Crippen LogP contribution in [0.25, 0.3) is 0 Å². The Balaban J connectivity index is 2.71. The summed E-state index contributed by atoms with van der Waals surface area (Å²) in [5.74, 6) is 1.40. The molecule has 1 aromatic rings. The molecule has 0 heterocycles. The molecule has 1 atom stereocenters. The Labute approximate surface area is 118 Å². The largest absolute Gasteiger partial charge is 0.497 e. The maximum Gasteiger partial charge on any atom is 0.119 e. The standard InChI is InChI=1S/C18H26O/c1-4-6-8-9-12-16(11-7-5-2)17-13-10-14-18(15-17)19-3/h5,7,10-11,13-16H,2,4,6,8-9,12H2,1,3H3/b11-7-. The molecule has 0 aliphatic carbocycles. The third-order valence-corrected chi connectivity index (χ3v) is 3.37. The van der Waals surface area contributed by atoms with E-state index in [4.69, 9.17) is 4.74 Å². The Kier molecular flexibility index (Phi) is 7.72. The summed E-state index contributed by atoms with van der Waals surface area (Å²) in [6, 6.07) is 8.38. The molecule has 0 aromatic heterocycles. The third kappa shape index (κ3) is 5.78. The van der Waals surface area contributed by atoms with Gasteiger partial charge in [0.2, 0.25) is 0 Å². The normalized spacial score (nSPS) is 12.5. The number of hydrogen-bond donors (Lipinski definition) is 0. The molecule has 0 spiro atoms. The lowest BCUT2D eigenvalue weighted by Crippen LogP contribution is -1.96. The monoisotopic (exact) mass is 258 g/mol. The van der Waals surface area contributed by atoms with Crippen molar-refractivity contribution in [2.75, 3.05) is 7.11 Å². The Hall–Kier alpha value is -1.50. The third-order valence-electron chi connectivity index (χ3n) is 3.37. The van der Waals surface area contributed by atoms with Crippen molar-refractivity contribution in [1.82, 2.24) is 0 Å². The van der Waals surface area contributed by atoms with Gasteiger partial charge in [-0.15, -0.1) is 0 Å². The van der Waals surface area contributed by atoms with Gasteiger partial charge in [0.25, 0.3) is 0 Å². The van der Waals surface area contributed by atoms with Gasteiger partial charge >= 0.3 is 0 Å². The molecule has 0 N–H and O–H groups in total. The van der Waals surface area contributed by atoms with Gasteiger partial charge in [-0.2, -0.15) is 0 Å². The van der Waals surface area contributed by atoms with E-state index in [9.17, 15) is 0 Å². The number of benzene rings is 1. The van der Waals surface area contributed by atoms with Crippen LogP contribution in [0, 0.1) is 0 Å². The van der Waals surface area contributed by atoms with Crippen LogP contribution in [0.15, 0.2) is 49.1 Å². The van der Waals surface area contributed by atoms with Crippen molar-refractivity contribution in [1.29, 1.82) is 0 Å². The van der Waals surface area contributed by atoms with Gasteiger partial charge < -0.3 is 4.74 Å². The van der Waals surface area contributed by atoms with Crippen LogP contribution in [0.1, 0.15) is 50.5 Å². The second kappa shape index (κ2) is 9.43. The van der Waals surface area contributed by atoms with Crippen LogP contribution in [0.3, 0.4) is 0 Å². The highest BCUT2D eigenvalue weighted by Gasteiger charge is 2.08. The lowest BCUT2D eigenvalue weighted by molar-refractivity contribution is 0.414. The summed E-state index contributed by atoms with van der Waals surface area (Å²) in [6.07, 6.45) is 12.5. The summed E-state index contributed by atoms with van der Waals surface area (Å²) in [6.45, 7) is 6.01. The molecule has 0 saturated carbocycles. The number of unbranched alkanes of at least 4 members (excludes halogenated alkanes) is 3. The SMILES string of the molecule is C=C/C=C\C(CCCCCC)c1cccc(OC)c1. The molecule has 1 rings (SSSR count). The van der Waals surface area contributed by atoms with E-state index < -0.39 is 0 Å². The van der Waals surface area contributed by atoms with E-state index in [0.717, 1.165) is 5.75 Å². The van der Waals surface area contributed by atoms with Crippen LogP contribution in [-0.4, -0.2) is 7.11 Å². The van der Waals surface area contributed by atoms with Crippen LogP contribution in [0.5, 0.6) is 5.75 Å². The van der Waals surface area contributed by atoms with Gasteiger partial charge in [0.15, 0.2) is 0 Å². The predicted molar refractivity (Wildman–Crippen MR) is 83.8 cm³/mol. The molecule has 104 valence electrons. The Bertz CT molecular complexity index is 392. The number of methoxy groups -OCH3 is 1. The summed E-state index contributed by atoms with van der Waals surface area (Å²) in [7, 11) is 1.72. The molecular formula is C18H26O. The average molecular weight is 258 g/mol. The van der Waals surface area contributed by atoms with Crippen LogP contribution in [0.2, 0.25) is 0 Å². The van der Waals surface area contributed by atoms with E-state index in [-0.39, 0.29) is 0 Å². The minimum Gasteiger partial charge on any atom is -0.497 e. The summed E-state index contributed by atoms with van der Waals surface area (Å²) in [5.41, 5.74) is 1.33. The van der Waals surface area contributed by atoms with Crippen molar-refractivity contribution in [2.24, 2.45) is 0 Å². The second-order valence-corrected chi connectivity index (χ2v) is 4.85. The first-order chi connectivity index (χ1) is 9.31. The van der Waals surface area contributed by atoms with Crippen molar-refractivity contribution in [3.63, 3.8) is 0 Å². The Morgan fingerprint density at radius 1 is 1.26 bits per heavy atom. The zero-order valence-electron chi connectivity index (χ0n) is 12.3. The molecule has 1 nitrogen and oxygen atoms in total. The summed E-state index contributed by atoms with van der Waals surface area (Å²) in [5, 5.41) is 0. The van der Waals surface area contributed by atoms with E-state index in [1.165, 1.54) is 37.7 Å². The average Bonchev–Trinajstić information content (AvgIpc) is 2.46. The van der Waals surface area contributed by atoms with Crippen molar-refractivity contribution >= 4 is 0 Å². The molecule has 0 aliphatic heterocycles. The van der Waals surface area contributed by atoms with E-state index in [0.29, 0.717) is 5.92 Å². The number of hydrogen-bond acceptors (Lipinski definition) is 1. The van der Waals surface area contributed by atoms with Crippen molar-refractivity contribution in [2.45, 2.75) is 44.9 Å². The number of ether oxygens (including phenoxy) is 1. The highest BCUT2D eigenvalue weighted by atomic mass is 16.5. The number of allylic oxidation sites excluding steroid dienone is 3. The molecule has 0 saturated heterocycles. The smallest absolute Gasteiger partial charge is 0.119 e. The first-order valence-electron chi connectivity index (χ1n) is 7.25. The summed E-state index contributed by atoms with van der Waals surface area (Å²) < 4.78 is 5.31. The van der Waals surface area contributed by atoms with Gasteiger partial charge in [-0.3, -0.25) is 0 Å². The molecule has 1 aromatic carbocycles. The minimum absolute atomic E-state index is 0.463. The summed E-state index contributed by atoms with van der Waals surface area (Å²) in [4.78, 5) is 0. The quantitative estimate of drug-likeness (QED) is 0.420. The van der Waals surface area contributed by atoms with Crippen LogP contribution < -0.4 is 4.74 Å². The molecule has 0 fully saturated rings. The van der Waals surface area contributed by atoms with Gasteiger partial charge in [0, 0.05) is 5.92 Å². The minimum atomic E-state index is 0.463. The fraction of sp³-hybridized carbons (Fsp3) is 0.444. The van der Waals surface area contributed by atoms with Crippen LogP contribution in [-0.2, 0) is 0 Å². The molecule has 19 heavy (non-hydrogen) atoms. The molecule has 1 unspecified atom stereocenters. The maximum absolute atomic E-state index is 5.31. The first kappa shape index (κ1) is 15.6. The van der Waals surface area contributed by atoms with Gasteiger partial charge in [-0.05, 0) is 24.1 Å². The molecule has 1 heteroatoms. The first-order valence-corrected chi connectivity index (χ1v) is 7.25. The maximum atomic E-state index is 5.31.